The van der Waals surface area contributed by atoms with Crippen molar-refractivity contribution in [2.24, 2.45) is 4.99 Å². The largest absolute Gasteiger partial charge is 0.492 e. The van der Waals surface area contributed by atoms with Crippen LogP contribution in [0, 0.1) is 0 Å². The molecule has 1 aliphatic carbocycles. The van der Waals surface area contributed by atoms with Gasteiger partial charge in [-0.3, -0.25) is 0 Å². The van der Waals surface area contributed by atoms with Crippen molar-refractivity contribution in [3.05, 3.63) is 23.8 Å². The van der Waals surface area contributed by atoms with Crippen LogP contribution < -0.4 is 9.47 Å². The first-order valence-corrected chi connectivity index (χ1v) is 7.80. The summed E-state index contributed by atoms with van der Waals surface area (Å²) < 4.78 is 11.8. The number of likely N-dealkylation sites (N-methyl/N-ethyl adjacent to an activating group) is 1. The number of methoxy groups -OCH3 is 1. The van der Waals surface area contributed by atoms with Crippen LogP contribution in [-0.4, -0.2) is 44.3 Å². The van der Waals surface area contributed by atoms with Gasteiger partial charge in [0.1, 0.15) is 11.6 Å². The van der Waals surface area contributed by atoms with Crippen LogP contribution in [0.2, 0.25) is 0 Å². The molecule has 0 spiro atoms. The van der Waals surface area contributed by atoms with Crippen molar-refractivity contribution in [3.8, 4) is 11.5 Å². The molecule has 1 aromatic carbocycles. The quantitative estimate of drug-likeness (QED) is 0.619. The number of nitrogens with zero attached hydrogens (tertiary/aromatic N) is 2. The predicted molar refractivity (Wildman–Crippen MR) is 83.2 cm³/mol. The maximum Gasteiger partial charge on any atom is 0.235 e. The van der Waals surface area contributed by atoms with Crippen molar-refractivity contribution in [2.75, 3.05) is 27.2 Å². The number of hydrogen-bond donors (Lipinski definition) is 0. The number of para-hydroxylation sites is 1. The average molecular weight is 302 g/mol. The Bertz CT molecular complexity index is 592. The van der Waals surface area contributed by atoms with Gasteiger partial charge in [0.05, 0.1) is 7.11 Å². The second-order valence-electron chi connectivity index (χ2n) is 6.22. The van der Waals surface area contributed by atoms with E-state index in [0.29, 0.717) is 5.75 Å². The number of hydrogen-bond acceptors (Lipinski definition) is 5. The van der Waals surface area contributed by atoms with Gasteiger partial charge in [0.2, 0.25) is 6.08 Å². The van der Waals surface area contributed by atoms with Crippen LogP contribution in [0.25, 0.3) is 0 Å². The summed E-state index contributed by atoms with van der Waals surface area (Å²) in [5, 5.41) is 0. The maximum atomic E-state index is 10.8. The number of ether oxygens (including phenoxy) is 2. The Morgan fingerprint density at radius 1 is 1.41 bits per heavy atom. The van der Waals surface area contributed by atoms with Gasteiger partial charge in [-0.2, -0.15) is 4.99 Å². The third-order valence-electron chi connectivity index (χ3n) is 4.77. The van der Waals surface area contributed by atoms with E-state index in [2.05, 4.69) is 16.9 Å². The minimum atomic E-state index is -0.473. The molecule has 5 heteroatoms. The Morgan fingerprint density at radius 3 is 2.77 bits per heavy atom. The highest BCUT2D eigenvalue weighted by atomic mass is 16.5. The Kier molecular flexibility index (Phi) is 4.19. The minimum Gasteiger partial charge on any atom is -0.492 e. The first kappa shape index (κ1) is 15.1. The molecule has 0 amide bonds. The molecule has 1 saturated heterocycles. The van der Waals surface area contributed by atoms with Crippen LogP contribution in [0.1, 0.15) is 31.2 Å². The average Bonchev–Trinajstić information content (AvgIpc) is 2.88. The number of carbonyl (C=O) groups excluding carboxylic acids is 1. The molecule has 2 aliphatic rings. The van der Waals surface area contributed by atoms with Crippen molar-refractivity contribution in [1.82, 2.24) is 4.90 Å². The summed E-state index contributed by atoms with van der Waals surface area (Å²) in [5.74, 6) is 1.45. The predicted octanol–water partition coefficient (Wildman–Crippen LogP) is 2.49. The normalized spacial score (nSPS) is 23.5. The van der Waals surface area contributed by atoms with Crippen LogP contribution in [0.3, 0.4) is 0 Å². The summed E-state index contributed by atoms with van der Waals surface area (Å²) >= 11 is 0. The van der Waals surface area contributed by atoms with Crippen molar-refractivity contribution in [2.45, 2.75) is 37.3 Å². The Labute approximate surface area is 130 Å². The zero-order valence-electron chi connectivity index (χ0n) is 13.2. The zero-order chi connectivity index (χ0) is 15.6. The van der Waals surface area contributed by atoms with E-state index in [1.54, 1.807) is 13.2 Å². The highest BCUT2D eigenvalue weighted by molar-refractivity contribution is 5.52. The molecule has 0 bridgehead atoms. The third kappa shape index (κ3) is 2.62. The van der Waals surface area contributed by atoms with Gasteiger partial charge in [0.25, 0.3) is 0 Å². The van der Waals surface area contributed by atoms with Crippen molar-refractivity contribution in [1.29, 1.82) is 0 Å². The summed E-state index contributed by atoms with van der Waals surface area (Å²) in [5.41, 5.74) is 0.465. The summed E-state index contributed by atoms with van der Waals surface area (Å²) in [6, 6.07) is 5.86. The fourth-order valence-corrected chi connectivity index (χ4v) is 3.40. The van der Waals surface area contributed by atoms with Crippen LogP contribution >= 0.6 is 0 Å². The molecule has 1 saturated carbocycles. The molecular weight excluding hydrogens is 280 g/mol. The van der Waals surface area contributed by atoms with E-state index >= 15 is 0 Å². The molecule has 0 aromatic heterocycles. The molecule has 118 valence electrons. The van der Waals surface area contributed by atoms with Crippen molar-refractivity contribution >= 4 is 6.08 Å². The van der Waals surface area contributed by atoms with E-state index in [9.17, 15) is 4.79 Å². The maximum absolute atomic E-state index is 10.8. The van der Waals surface area contributed by atoms with E-state index in [-0.39, 0.29) is 6.10 Å². The lowest BCUT2D eigenvalue weighted by Gasteiger charge is -2.38. The van der Waals surface area contributed by atoms with E-state index in [1.165, 1.54) is 0 Å². The van der Waals surface area contributed by atoms with Gasteiger partial charge >= 0.3 is 0 Å². The van der Waals surface area contributed by atoms with Crippen LogP contribution in [0.4, 0.5) is 0 Å². The van der Waals surface area contributed by atoms with Gasteiger partial charge in [-0.1, -0.05) is 12.1 Å². The Morgan fingerprint density at radius 2 is 2.23 bits per heavy atom. The molecule has 1 aromatic rings. The molecule has 22 heavy (non-hydrogen) atoms. The topological polar surface area (TPSA) is 51.1 Å². The molecule has 0 N–H and O–H groups in total. The minimum absolute atomic E-state index is 0.182. The summed E-state index contributed by atoms with van der Waals surface area (Å²) in [7, 11) is 3.74. The Balaban J connectivity index is 1.91. The summed E-state index contributed by atoms with van der Waals surface area (Å²) in [6.45, 7) is 1.97. The first-order valence-electron chi connectivity index (χ1n) is 7.80. The van der Waals surface area contributed by atoms with Crippen LogP contribution in [0.5, 0.6) is 11.5 Å². The zero-order valence-corrected chi connectivity index (χ0v) is 13.2. The van der Waals surface area contributed by atoms with Gasteiger partial charge in [-0.15, -0.1) is 0 Å². The molecular formula is C17H22N2O3. The number of benzene rings is 1. The lowest BCUT2D eigenvalue weighted by Crippen LogP contribution is -2.32. The number of rotatable bonds is 5. The SMILES string of the molecule is COc1c(OC2CCN(C)C2)cccc1C1(N=C=O)CCC1. The summed E-state index contributed by atoms with van der Waals surface area (Å²) in [6.07, 6.45) is 5.70. The Hall–Kier alpha value is -1.84. The first-order chi connectivity index (χ1) is 10.7. The van der Waals surface area contributed by atoms with Crippen LogP contribution in [0.15, 0.2) is 23.2 Å². The third-order valence-corrected chi connectivity index (χ3v) is 4.77. The lowest BCUT2D eigenvalue weighted by molar-refractivity contribution is 0.194. The van der Waals surface area contributed by atoms with E-state index in [0.717, 1.165) is 50.1 Å². The van der Waals surface area contributed by atoms with Crippen molar-refractivity contribution in [3.63, 3.8) is 0 Å². The van der Waals surface area contributed by atoms with Crippen LogP contribution in [-0.2, 0) is 10.3 Å². The number of isocyanates is 1. The van der Waals surface area contributed by atoms with Gasteiger partial charge in [-0.25, -0.2) is 4.79 Å². The smallest absolute Gasteiger partial charge is 0.235 e. The molecule has 5 nitrogen and oxygen atoms in total. The van der Waals surface area contributed by atoms with Gasteiger partial charge in [-0.05, 0) is 38.8 Å². The van der Waals surface area contributed by atoms with E-state index < -0.39 is 5.54 Å². The van der Waals surface area contributed by atoms with E-state index in [1.807, 2.05) is 18.2 Å². The molecule has 1 atom stereocenters. The van der Waals surface area contributed by atoms with Gasteiger partial charge < -0.3 is 14.4 Å². The molecule has 1 aliphatic heterocycles. The lowest BCUT2D eigenvalue weighted by atomic mass is 9.72. The van der Waals surface area contributed by atoms with Gasteiger partial charge in [0, 0.05) is 18.7 Å². The number of likely N-dealkylation sites (tertiary alicyclic amines) is 1. The molecule has 1 unspecified atom stereocenters. The molecule has 1 heterocycles. The highest BCUT2D eigenvalue weighted by Crippen LogP contribution is 2.50. The molecule has 2 fully saturated rings. The second kappa shape index (κ2) is 6.11. The molecule has 0 radical (unpaired) electrons. The standard InChI is InChI=1S/C17H22N2O3/c1-19-10-7-13(11-19)22-15-6-3-5-14(16(15)21-2)17(18-12-20)8-4-9-17/h3,5-6,13H,4,7-11H2,1-2H3. The summed E-state index contributed by atoms with van der Waals surface area (Å²) in [4.78, 5) is 17.1. The van der Waals surface area contributed by atoms with E-state index in [4.69, 9.17) is 9.47 Å². The van der Waals surface area contributed by atoms with Crippen molar-refractivity contribution < 1.29 is 14.3 Å². The highest BCUT2D eigenvalue weighted by Gasteiger charge is 2.42. The fraction of sp³-hybridized carbons (Fsp3) is 0.588. The second-order valence-corrected chi connectivity index (χ2v) is 6.22. The molecule has 3 rings (SSSR count). The van der Waals surface area contributed by atoms with Gasteiger partial charge in [0.15, 0.2) is 11.5 Å². The number of aliphatic imine (C=N–C) groups is 1. The fourth-order valence-electron chi connectivity index (χ4n) is 3.40. The monoisotopic (exact) mass is 302 g/mol.